The first-order valence-corrected chi connectivity index (χ1v) is 13.6. The number of unbranched alkanes of at least 4 members (excludes halogenated alkanes) is 1. The molecule has 0 fully saturated rings. The number of rotatable bonds is 12. The van der Waals surface area contributed by atoms with Crippen molar-refractivity contribution in [1.29, 1.82) is 0 Å². The molecule has 0 saturated heterocycles. The number of carbonyl (C=O) groups is 2. The predicted molar refractivity (Wildman–Crippen MR) is 153 cm³/mol. The van der Waals surface area contributed by atoms with E-state index in [0.29, 0.717) is 25.3 Å². The molecule has 3 aromatic rings. The van der Waals surface area contributed by atoms with Gasteiger partial charge >= 0.3 is 0 Å². The van der Waals surface area contributed by atoms with Crippen molar-refractivity contribution >= 4 is 27.7 Å². The lowest BCUT2D eigenvalue weighted by molar-refractivity contribution is -0.142. The molecule has 0 radical (unpaired) electrons. The number of benzene rings is 3. The summed E-state index contributed by atoms with van der Waals surface area (Å²) in [5.74, 6) is 0.319. The smallest absolute Gasteiger partial charge is 0.261 e. The van der Waals surface area contributed by atoms with Gasteiger partial charge in [-0.2, -0.15) is 0 Å². The lowest BCUT2D eigenvalue weighted by Gasteiger charge is -2.31. The number of nitrogens with one attached hydrogen (secondary N) is 1. The first-order valence-electron chi connectivity index (χ1n) is 12.8. The molecule has 3 rings (SSSR count). The summed E-state index contributed by atoms with van der Waals surface area (Å²) in [6.07, 6.45) is 2.29. The Hall–Kier alpha value is -3.12. The second kappa shape index (κ2) is 14.0. The van der Waals surface area contributed by atoms with Gasteiger partial charge in [0, 0.05) is 24.0 Å². The van der Waals surface area contributed by atoms with Crippen LogP contribution in [0.15, 0.2) is 71.2 Å². The van der Waals surface area contributed by atoms with Crippen LogP contribution in [0.25, 0.3) is 0 Å². The Kier molecular flexibility index (Phi) is 10.8. The molecule has 0 aliphatic heterocycles. The number of ether oxygens (including phenoxy) is 1. The molecule has 0 bridgehead atoms. The number of nitrogens with zero attached hydrogens (tertiary/aromatic N) is 1. The molecule has 0 saturated carbocycles. The van der Waals surface area contributed by atoms with Crippen LogP contribution in [0.1, 0.15) is 47.6 Å². The topological polar surface area (TPSA) is 58.6 Å². The Morgan fingerprint density at radius 2 is 1.68 bits per heavy atom. The van der Waals surface area contributed by atoms with Gasteiger partial charge in [0.25, 0.3) is 5.91 Å². The zero-order valence-electron chi connectivity index (χ0n) is 22.2. The molecule has 2 amide bonds. The van der Waals surface area contributed by atoms with Crippen molar-refractivity contribution < 1.29 is 14.3 Å². The molecular formula is C31H37BrN2O3. The Bertz CT molecular complexity index is 1180. The van der Waals surface area contributed by atoms with Gasteiger partial charge < -0.3 is 15.0 Å². The molecule has 0 aromatic heterocycles. The SMILES string of the molecule is CCCCNC(=O)[C@@H](Cc1ccccc1)N(Cc1ccc(Br)cc1)C(=O)COc1cc(C)cc(C)c1C. The van der Waals surface area contributed by atoms with Crippen LogP contribution in [0.2, 0.25) is 0 Å². The lowest BCUT2D eigenvalue weighted by atomic mass is 10.0. The summed E-state index contributed by atoms with van der Waals surface area (Å²) in [6, 6.07) is 21.0. The van der Waals surface area contributed by atoms with Gasteiger partial charge in [0.15, 0.2) is 6.61 Å². The van der Waals surface area contributed by atoms with Crippen LogP contribution >= 0.6 is 15.9 Å². The summed E-state index contributed by atoms with van der Waals surface area (Å²) in [5.41, 5.74) is 5.15. The third kappa shape index (κ3) is 8.46. The van der Waals surface area contributed by atoms with Crippen molar-refractivity contribution in [2.75, 3.05) is 13.2 Å². The van der Waals surface area contributed by atoms with Gasteiger partial charge in [0.2, 0.25) is 5.91 Å². The second-order valence-electron chi connectivity index (χ2n) is 9.49. The fourth-order valence-corrected chi connectivity index (χ4v) is 4.48. The predicted octanol–water partition coefficient (Wildman–Crippen LogP) is 6.31. The van der Waals surface area contributed by atoms with Crippen LogP contribution in [0.5, 0.6) is 5.75 Å². The van der Waals surface area contributed by atoms with Gasteiger partial charge in [-0.1, -0.05) is 77.8 Å². The van der Waals surface area contributed by atoms with E-state index >= 15 is 0 Å². The van der Waals surface area contributed by atoms with Crippen LogP contribution in [0.3, 0.4) is 0 Å². The van der Waals surface area contributed by atoms with Crippen LogP contribution in [0, 0.1) is 20.8 Å². The number of hydrogen-bond acceptors (Lipinski definition) is 3. The maximum Gasteiger partial charge on any atom is 0.261 e. The minimum Gasteiger partial charge on any atom is -0.483 e. The van der Waals surface area contributed by atoms with Gasteiger partial charge in [0.05, 0.1) is 0 Å². The highest BCUT2D eigenvalue weighted by molar-refractivity contribution is 9.10. The molecule has 37 heavy (non-hydrogen) atoms. The van der Waals surface area contributed by atoms with Gasteiger partial charge in [0.1, 0.15) is 11.8 Å². The van der Waals surface area contributed by atoms with E-state index in [1.807, 2.05) is 81.4 Å². The van der Waals surface area contributed by atoms with Crippen molar-refractivity contribution in [3.63, 3.8) is 0 Å². The largest absolute Gasteiger partial charge is 0.483 e. The summed E-state index contributed by atoms with van der Waals surface area (Å²) >= 11 is 3.48. The van der Waals surface area contributed by atoms with Gasteiger partial charge in [-0.25, -0.2) is 0 Å². The van der Waals surface area contributed by atoms with Crippen LogP contribution < -0.4 is 10.1 Å². The van der Waals surface area contributed by atoms with E-state index in [0.717, 1.165) is 45.1 Å². The summed E-state index contributed by atoms with van der Waals surface area (Å²) in [6.45, 7) is 8.87. The third-order valence-electron chi connectivity index (χ3n) is 6.48. The number of carbonyl (C=O) groups excluding carboxylic acids is 2. The first kappa shape index (κ1) is 28.5. The van der Waals surface area contributed by atoms with E-state index in [1.165, 1.54) is 0 Å². The minimum atomic E-state index is -0.667. The van der Waals surface area contributed by atoms with E-state index < -0.39 is 6.04 Å². The molecule has 5 nitrogen and oxygen atoms in total. The highest BCUT2D eigenvalue weighted by Gasteiger charge is 2.30. The molecule has 0 spiro atoms. The second-order valence-corrected chi connectivity index (χ2v) is 10.4. The molecule has 0 heterocycles. The maximum atomic E-state index is 13.7. The fourth-order valence-electron chi connectivity index (χ4n) is 4.22. The molecule has 1 atom stereocenters. The van der Waals surface area contributed by atoms with Crippen molar-refractivity contribution in [1.82, 2.24) is 10.2 Å². The van der Waals surface area contributed by atoms with Crippen molar-refractivity contribution in [3.8, 4) is 5.75 Å². The van der Waals surface area contributed by atoms with E-state index in [4.69, 9.17) is 4.74 Å². The van der Waals surface area contributed by atoms with Crippen molar-refractivity contribution in [3.05, 3.63) is 99.0 Å². The molecule has 0 unspecified atom stereocenters. The van der Waals surface area contributed by atoms with E-state index in [1.54, 1.807) is 4.90 Å². The monoisotopic (exact) mass is 564 g/mol. The third-order valence-corrected chi connectivity index (χ3v) is 7.01. The van der Waals surface area contributed by atoms with E-state index in [-0.39, 0.29) is 18.4 Å². The molecule has 0 aliphatic carbocycles. The zero-order valence-corrected chi connectivity index (χ0v) is 23.8. The summed E-state index contributed by atoms with van der Waals surface area (Å²) < 4.78 is 7.01. The van der Waals surface area contributed by atoms with E-state index in [9.17, 15) is 9.59 Å². The molecule has 0 aliphatic rings. The Morgan fingerprint density at radius 3 is 2.35 bits per heavy atom. The number of amides is 2. The summed E-state index contributed by atoms with van der Waals surface area (Å²) in [5, 5.41) is 3.05. The highest BCUT2D eigenvalue weighted by Crippen LogP contribution is 2.24. The molecular weight excluding hydrogens is 528 g/mol. The molecule has 6 heteroatoms. The number of hydrogen-bond donors (Lipinski definition) is 1. The molecule has 3 aromatic carbocycles. The molecule has 196 valence electrons. The quantitative estimate of drug-likeness (QED) is 0.262. The minimum absolute atomic E-state index is 0.145. The van der Waals surface area contributed by atoms with E-state index in [2.05, 4.69) is 34.2 Å². The number of halogens is 1. The standard InChI is InChI=1S/C31H37BrN2O3/c1-5-6-16-33-31(36)28(19-25-10-8-7-9-11-25)34(20-26-12-14-27(32)15-13-26)30(35)21-37-29-18-22(2)17-23(3)24(29)4/h7-15,17-18,28H,5-6,16,19-21H2,1-4H3,(H,33,36)/t28-/m1/s1. The van der Waals surface area contributed by atoms with Gasteiger partial charge in [-0.15, -0.1) is 0 Å². The average molecular weight is 566 g/mol. The molecule has 1 N–H and O–H groups in total. The Morgan fingerprint density at radius 1 is 0.973 bits per heavy atom. The van der Waals surface area contributed by atoms with Crippen LogP contribution in [-0.4, -0.2) is 35.9 Å². The fraction of sp³-hybridized carbons (Fsp3) is 0.355. The van der Waals surface area contributed by atoms with Crippen molar-refractivity contribution in [2.45, 2.75) is 59.5 Å². The van der Waals surface area contributed by atoms with Gasteiger partial charge in [-0.3, -0.25) is 9.59 Å². The highest BCUT2D eigenvalue weighted by atomic mass is 79.9. The average Bonchev–Trinajstić information content (AvgIpc) is 2.89. The summed E-state index contributed by atoms with van der Waals surface area (Å²) in [7, 11) is 0. The maximum absolute atomic E-state index is 13.7. The zero-order chi connectivity index (χ0) is 26.8. The van der Waals surface area contributed by atoms with Crippen LogP contribution in [-0.2, 0) is 22.6 Å². The summed E-state index contributed by atoms with van der Waals surface area (Å²) in [4.78, 5) is 28.9. The Balaban J connectivity index is 1.91. The lowest BCUT2D eigenvalue weighted by Crippen LogP contribution is -2.51. The number of aryl methyl sites for hydroxylation is 2. The normalized spacial score (nSPS) is 11.6. The van der Waals surface area contributed by atoms with Gasteiger partial charge in [-0.05, 0) is 73.2 Å². The van der Waals surface area contributed by atoms with Crippen LogP contribution in [0.4, 0.5) is 0 Å². The van der Waals surface area contributed by atoms with Crippen molar-refractivity contribution in [2.24, 2.45) is 0 Å². The first-order chi connectivity index (χ1) is 17.8. The Labute approximate surface area is 229 Å².